The molecule has 10 nitrogen and oxygen atoms in total. The standard InChI is InChI=1S/C20H20N8O2S2/c1-29-14-9-5-3-7-12(14)22-18-25-16(24-17(21)26-18)11-31-20-28-27-19(32-20)23-13-8-4-6-10-15(13)30-2/h3-10H,11H2,1-2H3,(H,23,27)(H3,21,22,24,25,26). The van der Waals surface area contributed by atoms with Crippen molar-refractivity contribution in [3.8, 4) is 11.5 Å². The van der Waals surface area contributed by atoms with Gasteiger partial charge in [-0.3, -0.25) is 0 Å². The lowest BCUT2D eigenvalue weighted by Crippen LogP contribution is -2.07. The maximum absolute atomic E-state index is 5.88. The molecule has 0 unspecified atom stereocenters. The summed E-state index contributed by atoms with van der Waals surface area (Å²) in [5.74, 6) is 2.85. The lowest BCUT2D eigenvalue weighted by molar-refractivity contribution is 0.416. The Morgan fingerprint density at radius 1 is 0.875 bits per heavy atom. The van der Waals surface area contributed by atoms with Crippen LogP contribution < -0.4 is 25.8 Å². The molecule has 4 N–H and O–H groups in total. The molecule has 0 saturated carbocycles. The molecule has 4 rings (SSSR count). The van der Waals surface area contributed by atoms with Gasteiger partial charge in [0.05, 0.1) is 31.3 Å². The number of rotatable bonds is 9. The molecular formula is C20H20N8O2S2. The number of nitrogens with zero attached hydrogens (tertiary/aromatic N) is 5. The second-order valence-corrected chi connectivity index (χ2v) is 8.45. The number of benzene rings is 2. The monoisotopic (exact) mass is 468 g/mol. The van der Waals surface area contributed by atoms with E-state index in [2.05, 4.69) is 35.8 Å². The zero-order valence-corrected chi connectivity index (χ0v) is 18.9. The number of nitrogens with one attached hydrogen (secondary N) is 2. The van der Waals surface area contributed by atoms with Gasteiger partial charge in [-0.2, -0.15) is 15.0 Å². The normalized spacial score (nSPS) is 10.6. The van der Waals surface area contributed by atoms with Crippen LogP contribution in [0.1, 0.15) is 5.82 Å². The maximum atomic E-state index is 5.88. The van der Waals surface area contributed by atoms with E-state index in [1.54, 1.807) is 14.2 Å². The number of ether oxygens (including phenoxy) is 2. The number of anilines is 5. The lowest BCUT2D eigenvalue weighted by atomic mass is 10.3. The van der Waals surface area contributed by atoms with E-state index in [9.17, 15) is 0 Å². The summed E-state index contributed by atoms with van der Waals surface area (Å²) < 4.78 is 11.5. The van der Waals surface area contributed by atoms with Gasteiger partial charge >= 0.3 is 0 Å². The van der Waals surface area contributed by atoms with Crippen LogP contribution in [-0.2, 0) is 5.75 Å². The molecule has 0 amide bonds. The Bertz CT molecular complexity index is 1200. The Balaban J connectivity index is 1.42. The van der Waals surface area contributed by atoms with Crippen molar-refractivity contribution in [3.63, 3.8) is 0 Å². The average molecular weight is 469 g/mol. The summed E-state index contributed by atoms with van der Waals surface area (Å²) in [6, 6.07) is 15.1. The van der Waals surface area contributed by atoms with E-state index >= 15 is 0 Å². The summed E-state index contributed by atoms with van der Waals surface area (Å²) in [6.45, 7) is 0. The minimum absolute atomic E-state index is 0.129. The fourth-order valence-electron chi connectivity index (χ4n) is 2.73. The molecule has 0 aliphatic heterocycles. The van der Waals surface area contributed by atoms with Gasteiger partial charge in [0.15, 0.2) is 4.34 Å². The van der Waals surface area contributed by atoms with Crippen molar-refractivity contribution in [1.82, 2.24) is 25.1 Å². The summed E-state index contributed by atoms with van der Waals surface area (Å²) >= 11 is 2.88. The highest BCUT2D eigenvalue weighted by atomic mass is 32.2. The first-order valence-electron chi connectivity index (χ1n) is 9.41. The average Bonchev–Trinajstić information content (AvgIpc) is 3.25. The van der Waals surface area contributed by atoms with Gasteiger partial charge < -0.3 is 25.8 Å². The van der Waals surface area contributed by atoms with Crippen molar-refractivity contribution in [2.75, 3.05) is 30.6 Å². The minimum atomic E-state index is 0.129. The number of methoxy groups -OCH3 is 2. The van der Waals surface area contributed by atoms with Crippen molar-refractivity contribution < 1.29 is 9.47 Å². The van der Waals surface area contributed by atoms with E-state index in [4.69, 9.17) is 15.2 Å². The number of para-hydroxylation sites is 4. The number of hydrogen-bond donors (Lipinski definition) is 3. The van der Waals surface area contributed by atoms with Crippen molar-refractivity contribution in [2.24, 2.45) is 0 Å². The fraction of sp³-hybridized carbons (Fsp3) is 0.150. The van der Waals surface area contributed by atoms with Crippen LogP contribution in [0, 0.1) is 0 Å². The van der Waals surface area contributed by atoms with Gasteiger partial charge in [0, 0.05) is 0 Å². The zero-order valence-electron chi connectivity index (χ0n) is 17.3. The Morgan fingerprint density at radius 3 is 2.22 bits per heavy atom. The van der Waals surface area contributed by atoms with Gasteiger partial charge in [-0.1, -0.05) is 47.4 Å². The molecule has 2 aromatic carbocycles. The molecule has 0 aliphatic rings. The van der Waals surface area contributed by atoms with Crippen molar-refractivity contribution in [1.29, 1.82) is 0 Å². The first kappa shape index (κ1) is 21.6. The second-order valence-electron chi connectivity index (χ2n) is 6.25. The molecule has 2 heterocycles. The SMILES string of the molecule is COc1ccccc1Nc1nc(N)nc(CSc2nnc(Nc3ccccc3OC)s2)n1. The Labute approximate surface area is 192 Å². The quantitative estimate of drug-likeness (QED) is 0.307. The third kappa shape index (κ3) is 5.34. The van der Waals surface area contributed by atoms with Crippen LogP contribution in [0.4, 0.5) is 28.4 Å². The van der Waals surface area contributed by atoms with Crippen LogP contribution in [0.3, 0.4) is 0 Å². The minimum Gasteiger partial charge on any atom is -0.495 e. The van der Waals surface area contributed by atoms with E-state index < -0.39 is 0 Å². The van der Waals surface area contributed by atoms with Gasteiger partial charge in [-0.05, 0) is 24.3 Å². The molecule has 0 saturated heterocycles. The molecule has 4 aromatic rings. The highest BCUT2D eigenvalue weighted by molar-refractivity contribution is 8.00. The molecule has 164 valence electrons. The number of nitrogen functional groups attached to an aromatic ring is 1. The number of nitrogens with two attached hydrogens (primary N) is 1. The van der Waals surface area contributed by atoms with Crippen LogP contribution in [0.5, 0.6) is 11.5 Å². The summed E-state index contributed by atoms with van der Waals surface area (Å²) in [5.41, 5.74) is 7.43. The van der Waals surface area contributed by atoms with E-state index in [1.807, 2.05) is 48.5 Å². The predicted molar refractivity (Wildman–Crippen MR) is 126 cm³/mol. The van der Waals surface area contributed by atoms with E-state index in [-0.39, 0.29) is 5.95 Å². The number of aromatic nitrogens is 5. The van der Waals surface area contributed by atoms with Crippen LogP contribution in [0.2, 0.25) is 0 Å². The highest BCUT2D eigenvalue weighted by Gasteiger charge is 2.11. The number of hydrogen-bond acceptors (Lipinski definition) is 12. The van der Waals surface area contributed by atoms with Crippen molar-refractivity contribution in [3.05, 3.63) is 54.4 Å². The molecule has 0 radical (unpaired) electrons. The first-order chi connectivity index (χ1) is 15.6. The van der Waals surface area contributed by atoms with E-state index in [0.717, 1.165) is 21.5 Å². The molecule has 0 atom stereocenters. The summed E-state index contributed by atoms with van der Waals surface area (Å²) in [7, 11) is 3.22. The van der Waals surface area contributed by atoms with Gasteiger partial charge in [0.25, 0.3) is 0 Å². The topological polar surface area (TPSA) is 133 Å². The van der Waals surface area contributed by atoms with E-state index in [1.165, 1.54) is 23.1 Å². The molecule has 0 aliphatic carbocycles. The van der Waals surface area contributed by atoms with Gasteiger partial charge in [0.1, 0.15) is 17.3 Å². The Morgan fingerprint density at radius 2 is 1.53 bits per heavy atom. The second kappa shape index (κ2) is 10.1. The molecular weight excluding hydrogens is 448 g/mol. The molecule has 2 aromatic heterocycles. The van der Waals surface area contributed by atoms with Crippen LogP contribution in [-0.4, -0.2) is 39.4 Å². The summed E-state index contributed by atoms with van der Waals surface area (Å²) in [4.78, 5) is 12.8. The third-order valence-electron chi connectivity index (χ3n) is 4.13. The molecule has 0 fully saturated rings. The van der Waals surface area contributed by atoms with E-state index in [0.29, 0.717) is 28.4 Å². The smallest absolute Gasteiger partial charge is 0.232 e. The summed E-state index contributed by atoms with van der Waals surface area (Å²) in [6.07, 6.45) is 0. The molecule has 0 bridgehead atoms. The molecule has 32 heavy (non-hydrogen) atoms. The largest absolute Gasteiger partial charge is 0.495 e. The van der Waals surface area contributed by atoms with Crippen molar-refractivity contribution in [2.45, 2.75) is 10.1 Å². The first-order valence-corrected chi connectivity index (χ1v) is 11.2. The predicted octanol–water partition coefficient (Wildman–Crippen LogP) is 4.10. The van der Waals surface area contributed by atoms with Gasteiger partial charge in [0.2, 0.25) is 17.0 Å². The molecule has 0 spiro atoms. The van der Waals surface area contributed by atoms with Gasteiger partial charge in [-0.25, -0.2) is 0 Å². The number of thioether (sulfide) groups is 1. The Hall–Kier alpha value is -3.64. The lowest BCUT2D eigenvalue weighted by Gasteiger charge is -2.10. The van der Waals surface area contributed by atoms with Crippen LogP contribution in [0.25, 0.3) is 0 Å². The zero-order chi connectivity index (χ0) is 22.3. The Kier molecular flexibility index (Phi) is 6.82. The van der Waals surface area contributed by atoms with Gasteiger partial charge in [-0.15, -0.1) is 10.2 Å². The third-order valence-corrected chi connectivity index (χ3v) is 6.10. The van der Waals surface area contributed by atoms with Crippen molar-refractivity contribution >= 4 is 51.5 Å². The van der Waals surface area contributed by atoms with Crippen LogP contribution in [0.15, 0.2) is 52.9 Å². The van der Waals surface area contributed by atoms with Crippen LogP contribution >= 0.6 is 23.1 Å². The fourth-order valence-corrected chi connectivity index (χ4v) is 4.35. The maximum Gasteiger partial charge on any atom is 0.232 e. The summed E-state index contributed by atoms with van der Waals surface area (Å²) in [5, 5.41) is 15.4. The highest BCUT2D eigenvalue weighted by Crippen LogP contribution is 2.32. The molecule has 12 heteroatoms.